The summed E-state index contributed by atoms with van der Waals surface area (Å²) in [5, 5.41) is 15.9. The van der Waals surface area contributed by atoms with Crippen LogP contribution in [0.25, 0.3) is 0 Å². The van der Waals surface area contributed by atoms with Gasteiger partial charge in [0.2, 0.25) is 11.0 Å². The van der Waals surface area contributed by atoms with Crippen molar-refractivity contribution in [3.8, 4) is 0 Å². The van der Waals surface area contributed by atoms with Crippen molar-refractivity contribution in [3.05, 3.63) is 29.3 Å². The minimum Gasteiger partial charge on any atom is -0.357 e. The molecule has 1 fully saturated rings. The van der Waals surface area contributed by atoms with Crippen molar-refractivity contribution in [1.82, 2.24) is 10.2 Å². The van der Waals surface area contributed by atoms with Crippen molar-refractivity contribution in [2.45, 2.75) is 69.2 Å². The molecule has 0 radical (unpaired) electrons. The van der Waals surface area contributed by atoms with Crippen molar-refractivity contribution in [1.29, 1.82) is 0 Å². The van der Waals surface area contributed by atoms with Crippen molar-refractivity contribution in [2.75, 3.05) is 16.4 Å². The van der Waals surface area contributed by atoms with Gasteiger partial charge >= 0.3 is 0 Å². The van der Waals surface area contributed by atoms with Crippen LogP contribution in [0.2, 0.25) is 0 Å². The van der Waals surface area contributed by atoms with Gasteiger partial charge in [0.25, 0.3) is 0 Å². The third-order valence-electron chi connectivity index (χ3n) is 4.86. The quantitative estimate of drug-likeness (QED) is 0.601. The zero-order valence-electron chi connectivity index (χ0n) is 16.2. The van der Waals surface area contributed by atoms with Gasteiger partial charge in [0, 0.05) is 11.7 Å². The highest BCUT2D eigenvalue weighted by molar-refractivity contribution is 8.01. The largest absolute Gasteiger partial charge is 0.357 e. The summed E-state index contributed by atoms with van der Waals surface area (Å²) in [6.45, 7) is 6.31. The summed E-state index contributed by atoms with van der Waals surface area (Å²) in [6.07, 6.45) is 6.33. The summed E-state index contributed by atoms with van der Waals surface area (Å²) < 4.78 is 0.831. The van der Waals surface area contributed by atoms with E-state index in [9.17, 15) is 4.79 Å². The highest BCUT2D eigenvalue weighted by Gasteiger charge is 2.16. The first kappa shape index (κ1) is 20.1. The zero-order valence-corrected chi connectivity index (χ0v) is 17.9. The van der Waals surface area contributed by atoms with Gasteiger partial charge in [-0.05, 0) is 36.8 Å². The summed E-state index contributed by atoms with van der Waals surface area (Å²) in [5.74, 6) is 0.696. The molecule has 1 aliphatic rings. The van der Waals surface area contributed by atoms with Gasteiger partial charge in [0.15, 0.2) is 4.34 Å². The first-order chi connectivity index (χ1) is 13.0. The average Bonchev–Trinajstić information content (AvgIpc) is 3.09. The third kappa shape index (κ3) is 5.69. The molecule has 27 heavy (non-hydrogen) atoms. The van der Waals surface area contributed by atoms with E-state index in [1.807, 2.05) is 19.1 Å². The number of thioether (sulfide) groups is 1. The second-order valence-corrected chi connectivity index (χ2v) is 9.58. The molecule has 1 heterocycles. The lowest BCUT2D eigenvalue weighted by atomic mass is 9.96. The summed E-state index contributed by atoms with van der Waals surface area (Å²) in [4.78, 5) is 12.4. The maximum atomic E-state index is 12.4. The molecule has 3 rings (SSSR count). The van der Waals surface area contributed by atoms with Crippen LogP contribution in [0.15, 0.2) is 22.5 Å². The standard InChI is InChI=1S/C20H28N4OS2/c1-13(2)16-11-7-8-14(3)18(16)22-17(25)12-26-20-24-23-19(27-20)21-15-9-5-4-6-10-15/h7-8,11,13,15H,4-6,9-10,12H2,1-3H3,(H,21,23)(H,22,25). The Labute approximate surface area is 169 Å². The highest BCUT2D eigenvalue weighted by Crippen LogP contribution is 2.30. The second-order valence-electron chi connectivity index (χ2n) is 7.38. The van der Waals surface area contributed by atoms with E-state index in [0.717, 1.165) is 20.7 Å². The summed E-state index contributed by atoms with van der Waals surface area (Å²) in [6, 6.07) is 6.66. The number of hydrogen-bond acceptors (Lipinski definition) is 6. The molecule has 2 N–H and O–H groups in total. The molecule has 1 aliphatic carbocycles. The lowest BCUT2D eigenvalue weighted by molar-refractivity contribution is -0.113. The second kappa shape index (κ2) is 9.55. The van der Waals surface area contributed by atoms with E-state index in [1.165, 1.54) is 60.8 Å². The van der Waals surface area contributed by atoms with E-state index in [0.29, 0.717) is 17.7 Å². The maximum absolute atomic E-state index is 12.4. The van der Waals surface area contributed by atoms with E-state index >= 15 is 0 Å². The first-order valence-corrected chi connectivity index (χ1v) is 11.5. The smallest absolute Gasteiger partial charge is 0.234 e. The fourth-order valence-corrected chi connectivity index (χ4v) is 5.02. The topological polar surface area (TPSA) is 66.9 Å². The number of anilines is 2. The van der Waals surface area contributed by atoms with Gasteiger partial charge in [-0.3, -0.25) is 4.79 Å². The molecule has 0 saturated heterocycles. The fourth-order valence-electron chi connectivity index (χ4n) is 3.39. The van der Waals surface area contributed by atoms with Crippen LogP contribution in [0.4, 0.5) is 10.8 Å². The van der Waals surface area contributed by atoms with E-state index in [-0.39, 0.29) is 5.91 Å². The van der Waals surface area contributed by atoms with Crippen LogP contribution in [0.5, 0.6) is 0 Å². The Balaban J connectivity index is 1.53. The van der Waals surface area contributed by atoms with Gasteiger partial charge in [0.1, 0.15) is 0 Å². The number of carbonyl (C=O) groups is 1. The molecule has 2 aromatic rings. The minimum absolute atomic E-state index is 0.00631. The normalized spacial score (nSPS) is 15.1. The number of amides is 1. The van der Waals surface area contributed by atoms with Crippen LogP contribution in [0, 0.1) is 6.92 Å². The Hall–Kier alpha value is -1.60. The lowest BCUT2D eigenvalue weighted by Crippen LogP contribution is -2.21. The first-order valence-electron chi connectivity index (χ1n) is 9.65. The predicted octanol–water partition coefficient (Wildman–Crippen LogP) is 5.45. The van der Waals surface area contributed by atoms with Gasteiger partial charge in [0.05, 0.1) is 5.75 Å². The molecule has 1 amide bonds. The molecule has 146 valence electrons. The van der Waals surface area contributed by atoms with Gasteiger partial charge in [-0.2, -0.15) is 0 Å². The summed E-state index contributed by atoms with van der Waals surface area (Å²) >= 11 is 2.98. The number of benzene rings is 1. The number of nitrogens with zero attached hydrogens (tertiary/aromatic N) is 2. The predicted molar refractivity (Wildman–Crippen MR) is 115 cm³/mol. The monoisotopic (exact) mass is 404 g/mol. The van der Waals surface area contributed by atoms with Crippen molar-refractivity contribution in [3.63, 3.8) is 0 Å². The van der Waals surface area contributed by atoms with Crippen molar-refractivity contribution in [2.24, 2.45) is 0 Å². The van der Waals surface area contributed by atoms with Crippen LogP contribution in [0.1, 0.15) is 63.0 Å². The zero-order chi connectivity index (χ0) is 19.2. The molecule has 1 aromatic heterocycles. The van der Waals surface area contributed by atoms with Crippen molar-refractivity contribution >= 4 is 39.8 Å². The number of rotatable bonds is 7. The molecule has 0 spiro atoms. The third-order valence-corrected chi connectivity index (χ3v) is 6.85. The Bertz CT molecular complexity index is 769. The van der Waals surface area contributed by atoms with Crippen LogP contribution in [-0.2, 0) is 4.79 Å². The number of carbonyl (C=O) groups excluding carboxylic acids is 1. The molecule has 5 nitrogen and oxygen atoms in total. The molecule has 1 saturated carbocycles. The molecular weight excluding hydrogens is 376 g/mol. The number of aryl methyl sites for hydroxylation is 1. The Kier molecular flexibility index (Phi) is 7.13. The molecule has 0 bridgehead atoms. The van der Waals surface area contributed by atoms with Gasteiger partial charge in [-0.15, -0.1) is 10.2 Å². The Morgan fingerprint density at radius 2 is 2.04 bits per heavy atom. The molecular formula is C20H28N4OS2. The maximum Gasteiger partial charge on any atom is 0.234 e. The lowest BCUT2D eigenvalue weighted by Gasteiger charge is -2.21. The number of para-hydroxylation sites is 1. The molecule has 1 aromatic carbocycles. The summed E-state index contributed by atoms with van der Waals surface area (Å²) in [7, 11) is 0. The van der Waals surface area contributed by atoms with Crippen molar-refractivity contribution < 1.29 is 4.79 Å². The van der Waals surface area contributed by atoms with Gasteiger partial charge in [-0.25, -0.2) is 0 Å². The molecule has 0 aliphatic heterocycles. The SMILES string of the molecule is Cc1cccc(C(C)C)c1NC(=O)CSc1nnc(NC2CCCCC2)s1. The minimum atomic E-state index is -0.00631. The highest BCUT2D eigenvalue weighted by atomic mass is 32.2. The molecule has 0 atom stereocenters. The Morgan fingerprint density at radius 1 is 1.26 bits per heavy atom. The Morgan fingerprint density at radius 3 is 2.78 bits per heavy atom. The van der Waals surface area contributed by atoms with Crippen LogP contribution in [0.3, 0.4) is 0 Å². The van der Waals surface area contributed by atoms with Crippen LogP contribution >= 0.6 is 23.1 Å². The fraction of sp³-hybridized carbons (Fsp3) is 0.550. The van der Waals surface area contributed by atoms with E-state index < -0.39 is 0 Å². The molecule has 0 unspecified atom stereocenters. The number of nitrogens with one attached hydrogen (secondary N) is 2. The van der Waals surface area contributed by atoms with Gasteiger partial charge < -0.3 is 10.6 Å². The number of hydrogen-bond donors (Lipinski definition) is 2. The van der Waals surface area contributed by atoms with E-state index in [4.69, 9.17) is 0 Å². The van der Waals surface area contributed by atoms with Crippen LogP contribution in [-0.4, -0.2) is 27.9 Å². The average molecular weight is 405 g/mol. The number of aromatic nitrogens is 2. The molecule has 7 heteroatoms. The van der Waals surface area contributed by atoms with E-state index in [2.05, 4.69) is 40.7 Å². The van der Waals surface area contributed by atoms with Crippen LogP contribution < -0.4 is 10.6 Å². The van der Waals surface area contributed by atoms with E-state index in [1.54, 1.807) is 0 Å². The summed E-state index contributed by atoms with van der Waals surface area (Å²) in [5.41, 5.74) is 3.20. The van der Waals surface area contributed by atoms with Gasteiger partial charge in [-0.1, -0.05) is 74.4 Å².